The van der Waals surface area contributed by atoms with E-state index in [1.165, 1.54) is 0 Å². The van der Waals surface area contributed by atoms with Crippen molar-refractivity contribution in [3.05, 3.63) is 219 Å². The lowest BCUT2D eigenvalue weighted by molar-refractivity contribution is -0.130. The standard InChI is InChI=1S/2C22H18O4.C20H18O4/c1-13(2)21(23)25-17-9-7-15-5-6-16-8-10-18(26-22(24)14(3)4)12-20(16)19(15)11-17;1-13(2)21(23)25-16-10-8-15-9-11-18-17(19(15)12-16)6-5-7-20(18)26-22(24)14(3)4;1-13(2)19(21)23-17-9-5-15(6-10-17)16-7-11-18(12-8-16)24-20(22)14(3)4/h2*5-12H,1,3H2,2,4H3;5-12H,1,3H2,2,4H3. The third-order valence-corrected chi connectivity index (χ3v) is 11.0. The summed E-state index contributed by atoms with van der Waals surface area (Å²) in [6, 6.07) is 43.7. The molecule has 8 aromatic carbocycles. The number of hydrogen-bond donors (Lipinski definition) is 0. The van der Waals surface area contributed by atoms with Crippen LogP contribution in [0.15, 0.2) is 219 Å². The van der Waals surface area contributed by atoms with E-state index in [1.54, 1.807) is 108 Å². The largest absolute Gasteiger partial charge is 0.423 e. The first-order valence-corrected chi connectivity index (χ1v) is 23.5. The topological polar surface area (TPSA) is 158 Å². The summed E-state index contributed by atoms with van der Waals surface area (Å²) in [5, 5.41) is 7.30. The maximum Gasteiger partial charge on any atom is 0.338 e. The first kappa shape index (κ1) is 55.4. The summed E-state index contributed by atoms with van der Waals surface area (Å²) in [7, 11) is 0. The fourth-order valence-electron chi connectivity index (χ4n) is 6.91. The van der Waals surface area contributed by atoms with E-state index in [0.717, 1.165) is 54.2 Å². The number of benzene rings is 8. The number of esters is 6. The Balaban J connectivity index is 0.000000185. The van der Waals surface area contributed by atoms with Gasteiger partial charge in [-0.3, -0.25) is 0 Å². The molecule has 0 saturated carbocycles. The smallest absolute Gasteiger partial charge is 0.338 e. The lowest BCUT2D eigenvalue weighted by Crippen LogP contribution is -2.08. The lowest BCUT2D eigenvalue weighted by atomic mass is 10.0. The van der Waals surface area contributed by atoms with Crippen molar-refractivity contribution in [2.75, 3.05) is 0 Å². The van der Waals surface area contributed by atoms with Crippen LogP contribution >= 0.6 is 0 Å². The number of ether oxygens (including phenoxy) is 6. The zero-order valence-electron chi connectivity index (χ0n) is 43.0. The Kier molecular flexibility index (Phi) is 18.0. The second-order valence-corrected chi connectivity index (χ2v) is 17.7. The van der Waals surface area contributed by atoms with Crippen molar-refractivity contribution in [3.8, 4) is 45.6 Å². The van der Waals surface area contributed by atoms with Crippen molar-refractivity contribution in [2.24, 2.45) is 0 Å². The van der Waals surface area contributed by atoms with Crippen LogP contribution in [0.25, 0.3) is 54.2 Å². The van der Waals surface area contributed by atoms with Gasteiger partial charge in [-0.15, -0.1) is 0 Å². The van der Waals surface area contributed by atoms with Crippen molar-refractivity contribution in [2.45, 2.75) is 41.5 Å². The van der Waals surface area contributed by atoms with Crippen LogP contribution in [0.4, 0.5) is 0 Å². The zero-order valence-corrected chi connectivity index (χ0v) is 43.0. The molecule has 0 aliphatic heterocycles. The molecule has 0 amide bonds. The number of rotatable bonds is 13. The molecule has 0 N–H and O–H groups in total. The first-order chi connectivity index (χ1) is 36.1. The van der Waals surface area contributed by atoms with E-state index in [1.807, 2.05) is 78.9 Å². The van der Waals surface area contributed by atoms with E-state index in [0.29, 0.717) is 67.9 Å². The molecular formula is C64H54O12. The predicted molar refractivity (Wildman–Crippen MR) is 297 cm³/mol. The zero-order chi connectivity index (χ0) is 55.4. The van der Waals surface area contributed by atoms with Crippen LogP contribution < -0.4 is 28.4 Å². The quantitative estimate of drug-likeness (QED) is 0.0466. The van der Waals surface area contributed by atoms with E-state index in [9.17, 15) is 28.8 Å². The van der Waals surface area contributed by atoms with E-state index in [4.69, 9.17) is 28.4 Å². The van der Waals surface area contributed by atoms with Crippen LogP contribution in [0.3, 0.4) is 0 Å². The Morgan fingerprint density at radius 2 is 0.539 bits per heavy atom. The molecule has 0 bridgehead atoms. The minimum Gasteiger partial charge on any atom is -0.423 e. The van der Waals surface area contributed by atoms with Crippen molar-refractivity contribution < 1.29 is 57.2 Å². The molecule has 0 aromatic heterocycles. The number of hydrogen-bond acceptors (Lipinski definition) is 12. The van der Waals surface area contributed by atoms with Crippen LogP contribution in [0.5, 0.6) is 34.5 Å². The van der Waals surface area contributed by atoms with Crippen LogP contribution in [-0.4, -0.2) is 35.8 Å². The Bertz CT molecular complexity index is 3450. The minimum atomic E-state index is -0.472. The Labute approximate surface area is 440 Å². The molecular weight excluding hydrogens is 961 g/mol. The van der Waals surface area contributed by atoms with Crippen molar-refractivity contribution in [1.29, 1.82) is 0 Å². The number of carbonyl (C=O) groups is 6. The van der Waals surface area contributed by atoms with Gasteiger partial charge >= 0.3 is 35.8 Å². The van der Waals surface area contributed by atoms with Gasteiger partial charge in [0.15, 0.2) is 0 Å². The molecule has 76 heavy (non-hydrogen) atoms. The average molecular weight is 1020 g/mol. The molecule has 382 valence electrons. The molecule has 12 heteroatoms. The van der Waals surface area contributed by atoms with Gasteiger partial charge in [0.2, 0.25) is 0 Å². The summed E-state index contributed by atoms with van der Waals surface area (Å²) >= 11 is 0. The first-order valence-electron chi connectivity index (χ1n) is 23.5. The highest BCUT2D eigenvalue weighted by Gasteiger charge is 2.14. The van der Waals surface area contributed by atoms with Gasteiger partial charge in [-0.05, 0) is 163 Å². The molecule has 0 saturated heterocycles. The van der Waals surface area contributed by atoms with Gasteiger partial charge in [-0.25, -0.2) is 28.8 Å². The van der Waals surface area contributed by atoms with Gasteiger partial charge in [0.1, 0.15) is 34.5 Å². The van der Waals surface area contributed by atoms with E-state index < -0.39 is 35.8 Å². The fourth-order valence-corrected chi connectivity index (χ4v) is 6.91. The summed E-state index contributed by atoms with van der Waals surface area (Å²) < 4.78 is 31.7. The van der Waals surface area contributed by atoms with Crippen LogP contribution in [-0.2, 0) is 28.8 Å². The van der Waals surface area contributed by atoms with Crippen LogP contribution in [0.2, 0.25) is 0 Å². The van der Waals surface area contributed by atoms with Gasteiger partial charge in [-0.1, -0.05) is 112 Å². The molecule has 12 nitrogen and oxygen atoms in total. The maximum atomic E-state index is 11.9. The van der Waals surface area contributed by atoms with Crippen LogP contribution in [0.1, 0.15) is 41.5 Å². The van der Waals surface area contributed by atoms with E-state index in [-0.39, 0.29) is 0 Å². The highest BCUT2D eigenvalue weighted by Crippen LogP contribution is 2.35. The summed E-state index contributed by atoms with van der Waals surface area (Å²) in [5.74, 6) is -0.118. The third-order valence-electron chi connectivity index (χ3n) is 11.0. The van der Waals surface area contributed by atoms with Gasteiger partial charge in [0.25, 0.3) is 0 Å². The molecule has 0 aliphatic carbocycles. The monoisotopic (exact) mass is 1010 g/mol. The van der Waals surface area contributed by atoms with E-state index >= 15 is 0 Å². The summed E-state index contributed by atoms with van der Waals surface area (Å²) in [6.45, 7) is 31.0. The molecule has 8 aromatic rings. The highest BCUT2D eigenvalue weighted by atomic mass is 16.6. The Hall–Kier alpha value is -9.94. The normalized spacial score (nSPS) is 10.3. The van der Waals surface area contributed by atoms with Crippen molar-refractivity contribution in [3.63, 3.8) is 0 Å². The lowest BCUT2D eigenvalue weighted by Gasteiger charge is -2.11. The fraction of sp³-hybridized carbons (Fsp3) is 0.0938. The van der Waals surface area contributed by atoms with Gasteiger partial charge in [-0.2, -0.15) is 0 Å². The summed E-state index contributed by atoms with van der Waals surface area (Å²) in [4.78, 5) is 70.1. The maximum absolute atomic E-state index is 11.9. The Morgan fingerprint density at radius 1 is 0.276 bits per heavy atom. The second-order valence-electron chi connectivity index (χ2n) is 17.7. The minimum absolute atomic E-state index is 0.330. The van der Waals surface area contributed by atoms with E-state index in [2.05, 4.69) is 39.5 Å². The average Bonchev–Trinajstić information content (AvgIpc) is 3.39. The van der Waals surface area contributed by atoms with Crippen molar-refractivity contribution in [1.82, 2.24) is 0 Å². The molecule has 0 atom stereocenters. The molecule has 0 fully saturated rings. The summed E-state index contributed by atoms with van der Waals surface area (Å²) in [5.41, 5.74) is 3.91. The molecule has 8 rings (SSSR count). The Morgan fingerprint density at radius 3 is 0.868 bits per heavy atom. The van der Waals surface area contributed by atoms with Crippen LogP contribution in [0, 0.1) is 0 Å². The second kappa shape index (κ2) is 24.7. The molecule has 0 heterocycles. The highest BCUT2D eigenvalue weighted by molar-refractivity contribution is 6.11. The van der Waals surface area contributed by atoms with Crippen molar-refractivity contribution >= 4 is 78.9 Å². The number of carbonyl (C=O) groups excluding carboxylic acids is 6. The summed E-state index contributed by atoms with van der Waals surface area (Å²) in [6.07, 6.45) is 0. The van der Waals surface area contributed by atoms with Gasteiger partial charge in [0.05, 0.1) is 0 Å². The number of fused-ring (bicyclic) bond motifs is 6. The molecule has 0 radical (unpaired) electrons. The predicted octanol–water partition coefficient (Wildman–Crippen LogP) is 14.2. The molecule has 0 unspecified atom stereocenters. The molecule has 0 spiro atoms. The SMILES string of the molecule is C=C(C)C(=O)Oc1ccc(-c2ccc(OC(=O)C(=C)C)cc2)cc1.C=C(C)C(=O)Oc1ccc2ccc3c(OC(=O)C(=C)C)cccc3c2c1.C=C(C)C(=O)Oc1ccc2ccc3ccc(OC(=O)C(=C)C)cc3c2c1. The van der Waals surface area contributed by atoms with Gasteiger partial charge < -0.3 is 28.4 Å². The third kappa shape index (κ3) is 14.4. The molecule has 0 aliphatic rings. The van der Waals surface area contributed by atoms with Gasteiger partial charge in [0, 0.05) is 38.8 Å².